The third-order valence-corrected chi connectivity index (χ3v) is 3.45. The van der Waals surface area contributed by atoms with E-state index in [2.05, 4.69) is 15.3 Å². The Balaban J connectivity index is 2.16. The van der Waals surface area contributed by atoms with Crippen molar-refractivity contribution in [1.29, 1.82) is 0 Å². The molecule has 1 aliphatic carbocycles. The molecular formula is C12H19N3O. The Hall–Kier alpha value is -1.16. The molecule has 88 valence electrons. The third kappa shape index (κ3) is 2.16. The van der Waals surface area contributed by atoms with Crippen LogP contribution in [0.4, 0.5) is 5.82 Å². The molecule has 0 unspecified atom stereocenters. The van der Waals surface area contributed by atoms with E-state index in [1.165, 1.54) is 12.8 Å². The highest BCUT2D eigenvalue weighted by Gasteiger charge is 2.33. The van der Waals surface area contributed by atoms with Crippen molar-refractivity contribution in [3.05, 3.63) is 17.6 Å². The maximum atomic E-state index is 9.49. The molecular weight excluding hydrogens is 202 g/mol. The summed E-state index contributed by atoms with van der Waals surface area (Å²) in [7, 11) is 0. The number of anilines is 1. The van der Waals surface area contributed by atoms with Gasteiger partial charge in [0.25, 0.3) is 0 Å². The number of nitrogens with one attached hydrogen (secondary N) is 1. The lowest BCUT2D eigenvalue weighted by Crippen LogP contribution is -2.39. The number of rotatable bonds is 3. The van der Waals surface area contributed by atoms with Crippen molar-refractivity contribution >= 4 is 5.82 Å². The van der Waals surface area contributed by atoms with E-state index >= 15 is 0 Å². The predicted octanol–water partition coefficient (Wildman–Crippen LogP) is 1.81. The zero-order chi connectivity index (χ0) is 11.6. The minimum absolute atomic E-state index is 0.168. The Kier molecular flexibility index (Phi) is 3.10. The first kappa shape index (κ1) is 11.3. The molecule has 2 rings (SSSR count). The van der Waals surface area contributed by atoms with Gasteiger partial charge in [-0.2, -0.15) is 0 Å². The predicted molar refractivity (Wildman–Crippen MR) is 63.4 cm³/mol. The van der Waals surface area contributed by atoms with Gasteiger partial charge in [-0.05, 0) is 26.7 Å². The molecule has 0 aliphatic heterocycles. The quantitative estimate of drug-likeness (QED) is 0.817. The molecule has 1 heterocycles. The molecule has 1 aliphatic rings. The Labute approximate surface area is 96.1 Å². The molecule has 0 saturated heterocycles. The lowest BCUT2D eigenvalue weighted by Gasteiger charge is -2.28. The lowest BCUT2D eigenvalue weighted by atomic mass is 9.99. The van der Waals surface area contributed by atoms with Crippen LogP contribution in [0.25, 0.3) is 0 Å². The van der Waals surface area contributed by atoms with Crippen LogP contribution in [0.15, 0.2) is 6.20 Å². The summed E-state index contributed by atoms with van der Waals surface area (Å²) < 4.78 is 0. The lowest BCUT2D eigenvalue weighted by molar-refractivity contribution is 0.213. The Morgan fingerprint density at radius 2 is 2.00 bits per heavy atom. The van der Waals surface area contributed by atoms with E-state index < -0.39 is 0 Å². The molecule has 4 heteroatoms. The van der Waals surface area contributed by atoms with Crippen LogP contribution < -0.4 is 5.32 Å². The van der Waals surface area contributed by atoms with Crippen molar-refractivity contribution in [2.75, 3.05) is 11.9 Å². The van der Waals surface area contributed by atoms with Gasteiger partial charge in [0.1, 0.15) is 5.82 Å². The van der Waals surface area contributed by atoms with Crippen LogP contribution in [0, 0.1) is 13.8 Å². The Morgan fingerprint density at radius 1 is 1.31 bits per heavy atom. The van der Waals surface area contributed by atoms with E-state index in [-0.39, 0.29) is 12.1 Å². The summed E-state index contributed by atoms with van der Waals surface area (Å²) in [5.41, 5.74) is 1.72. The molecule has 16 heavy (non-hydrogen) atoms. The van der Waals surface area contributed by atoms with E-state index in [0.717, 1.165) is 30.0 Å². The normalized spacial score (nSPS) is 18.7. The Morgan fingerprint density at radius 3 is 2.56 bits per heavy atom. The fourth-order valence-corrected chi connectivity index (χ4v) is 2.25. The van der Waals surface area contributed by atoms with Gasteiger partial charge in [-0.1, -0.05) is 12.8 Å². The molecule has 1 fully saturated rings. The highest BCUT2D eigenvalue weighted by molar-refractivity contribution is 5.37. The summed E-state index contributed by atoms with van der Waals surface area (Å²) in [6.45, 7) is 4.07. The molecule has 1 aromatic heterocycles. The minimum atomic E-state index is -0.170. The van der Waals surface area contributed by atoms with Crippen LogP contribution in [-0.4, -0.2) is 27.2 Å². The molecule has 0 spiro atoms. The van der Waals surface area contributed by atoms with Gasteiger partial charge in [-0.15, -0.1) is 0 Å². The number of aryl methyl sites for hydroxylation is 2. The maximum absolute atomic E-state index is 9.49. The van der Waals surface area contributed by atoms with Gasteiger partial charge in [-0.25, -0.2) is 4.98 Å². The summed E-state index contributed by atoms with van der Waals surface area (Å²) in [5.74, 6) is 0.777. The smallest absolute Gasteiger partial charge is 0.145 e. The van der Waals surface area contributed by atoms with E-state index in [9.17, 15) is 5.11 Å². The minimum Gasteiger partial charge on any atom is -0.394 e. The summed E-state index contributed by atoms with van der Waals surface area (Å²) in [4.78, 5) is 8.72. The molecule has 2 N–H and O–H groups in total. The van der Waals surface area contributed by atoms with Crippen molar-refractivity contribution in [1.82, 2.24) is 9.97 Å². The van der Waals surface area contributed by atoms with Crippen LogP contribution in [0.1, 0.15) is 37.1 Å². The topological polar surface area (TPSA) is 58.0 Å². The van der Waals surface area contributed by atoms with E-state index in [0.29, 0.717) is 0 Å². The van der Waals surface area contributed by atoms with Gasteiger partial charge >= 0.3 is 0 Å². The average molecular weight is 221 g/mol. The average Bonchev–Trinajstić information content (AvgIpc) is 2.73. The summed E-state index contributed by atoms with van der Waals surface area (Å²) in [6, 6.07) is 0. The van der Waals surface area contributed by atoms with Crippen molar-refractivity contribution in [2.45, 2.75) is 45.1 Å². The number of aliphatic hydroxyl groups excluding tert-OH is 1. The number of aliphatic hydroxyl groups is 1. The third-order valence-electron chi connectivity index (χ3n) is 3.45. The first-order valence-electron chi connectivity index (χ1n) is 5.84. The van der Waals surface area contributed by atoms with Crippen LogP contribution in [0.2, 0.25) is 0 Å². The summed E-state index contributed by atoms with van der Waals surface area (Å²) in [5, 5.41) is 12.8. The molecule has 0 aromatic carbocycles. The van der Waals surface area contributed by atoms with Crippen molar-refractivity contribution in [3.8, 4) is 0 Å². The molecule has 0 amide bonds. The first-order valence-corrected chi connectivity index (χ1v) is 5.84. The molecule has 0 bridgehead atoms. The second-order valence-corrected chi connectivity index (χ2v) is 4.70. The van der Waals surface area contributed by atoms with Crippen LogP contribution in [-0.2, 0) is 0 Å². The number of aromatic nitrogens is 2. The molecule has 4 nitrogen and oxygen atoms in total. The van der Waals surface area contributed by atoms with Crippen LogP contribution in [0.5, 0.6) is 0 Å². The van der Waals surface area contributed by atoms with Gasteiger partial charge in [0, 0.05) is 0 Å². The van der Waals surface area contributed by atoms with Crippen molar-refractivity contribution in [2.24, 2.45) is 0 Å². The van der Waals surface area contributed by atoms with Gasteiger partial charge in [-0.3, -0.25) is 4.98 Å². The molecule has 1 aromatic rings. The zero-order valence-electron chi connectivity index (χ0n) is 9.95. The molecule has 1 saturated carbocycles. The zero-order valence-corrected chi connectivity index (χ0v) is 9.95. The fraction of sp³-hybridized carbons (Fsp3) is 0.667. The van der Waals surface area contributed by atoms with E-state index in [1.54, 1.807) is 6.20 Å². The number of hydrogen-bond donors (Lipinski definition) is 2. The fourth-order valence-electron chi connectivity index (χ4n) is 2.25. The second-order valence-electron chi connectivity index (χ2n) is 4.70. The van der Waals surface area contributed by atoms with E-state index in [1.807, 2.05) is 13.8 Å². The highest BCUT2D eigenvalue weighted by atomic mass is 16.3. The van der Waals surface area contributed by atoms with Gasteiger partial charge < -0.3 is 10.4 Å². The van der Waals surface area contributed by atoms with E-state index in [4.69, 9.17) is 0 Å². The number of nitrogens with zero attached hydrogens (tertiary/aromatic N) is 2. The van der Waals surface area contributed by atoms with Gasteiger partial charge in [0.15, 0.2) is 0 Å². The number of hydrogen-bond acceptors (Lipinski definition) is 4. The summed E-state index contributed by atoms with van der Waals surface area (Å²) in [6.07, 6.45) is 6.12. The first-order chi connectivity index (χ1) is 7.65. The SMILES string of the molecule is Cc1ncc(NC2(CO)CCCC2)nc1C. The largest absolute Gasteiger partial charge is 0.394 e. The Bertz CT molecular complexity index is 373. The second kappa shape index (κ2) is 4.37. The summed E-state index contributed by atoms with van der Waals surface area (Å²) >= 11 is 0. The van der Waals surface area contributed by atoms with Crippen molar-refractivity contribution < 1.29 is 5.11 Å². The van der Waals surface area contributed by atoms with Crippen molar-refractivity contribution in [3.63, 3.8) is 0 Å². The van der Waals surface area contributed by atoms with Crippen LogP contribution in [0.3, 0.4) is 0 Å². The monoisotopic (exact) mass is 221 g/mol. The van der Waals surface area contributed by atoms with Crippen LogP contribution >= 0.6 is 0 Å². The standard InChI is InChI=1S/C12H19N3O/c1-9-10(2)14-11(7-13-9)15-12(8-16)5-3-4-6-12/h7,16H,3-6,8H2,1-2H3,(H,14,15). The van der Waals surface area contributed by atoms with Gasteiger partial charge in [0.2, 0.25) is 0 Å². The van der Waals surface area contributed by atoms with Gasteiger partial charge in [0.05, 0.1) is 29.7 Å². The maximum Gasteiger partial charge on any atom is 0.145 e. The molecule has 0 atom stereocenters. The highest BCUT2D eigenvalue weighted by Crippen LogP contribution is 2.32. The molecule has 0 radical (unpaired) electrons.